The highest BCUT2D eigenvalue weighted by Gasteiger charge is 2.43. The van der Waals surface area contributed by atoms with Gasteiger partial charge in [0.25, 0.3) is 5.56 Å². The lowest BCUT2D eigenvalue weighted by atomic mass is 10.1. The van der Waals surface area contributed by atoms with Gasteiger partial charge in [0.05, 0.1) is 31.7 Å². The molecule has 0 radical (unpaired) electrons. The summed E-state index contributed by atoms with van der Waals surface area (Å²) in [4.78, 5) is 76.2. The van der Waals surface area contributed by atoms with E-state index in [2.05, 4.69) is 46.2 Å². The molecule has 6 atom stereocenters. The zero-order valence-corrected chi connectivity index (χ0v) is 35.3. The van der Waals surface area contributed by atoms with Gasteiger partial charge >= 0.3 is 35.1 Å². The molecule has 1 fully saturated rings. The quantitative estimate of drug-likeness (QED) is 0.0248. The van der Waals surface area contributed by atoms with E-state index in [1.165, 1.54) is 0 Å². The molecule has 2 rings (SSSR count). The predicted molar refractivity (Wildman–Crippen MR) is 201 cm³/mol. The number of carbonyl (C=O) groups excluding carboxylic acids is 1. The van der Waals surface area contributed by atoms with Crippen molar-refractivity contribution in [2.75, 3.05) is 37.5 Å². The maximum Gasteiger partial charge on any atom is 0.490 e. The van der Waals surface area contributed by atoms with Gasteiger partial charge in [0, 0.05) is 30.4 Å². The van der Waals surface area contributed by atoms with Crippen LogP contribution < -0.4 is 11.2 Å². The molecular weight excluding hydrogens is 845 g/mol. The molecular formula is C27H45N2O17P3S4. The van der Waals surface area contributed by atoms with E-state index in [1.54, 1.807) is 21.6 Å². The maximum atomic E-state index is 12.8. The Morgan fingerprint density at radius 1 is 1.13 bits per heavy atom. The summed E-state index contributed by atoms with van der Waals surface area (Å²) < 4.78 is 70.7. The van der Waals surface area contributed by atoms with E-state index in [4.69, 9.17) is 44.4 Å². The zero-order valence-electron chi connectivity index (χ0n) is 29.3. The molecule has 0 bridgehead atoms. The number of rotatable bonds is 24. The van der Waals surface area contributed by atoms with Crippen LogP contribution in [0.25, 0.3) is 0 Å². The fourth-order valence-electron chi connectivity index (χ4n) is 3.92. The Labute approximate surface area is 321 Å². The van der Waals surface area contributed by atoms with E-state index >= 15 is 0 Å². The first-order valence-corrected chi connectivity index (χ1v) is 25.3. The fourth-order valence-corrected chi connectivity index (χ4v) is 9.94. The van der Waals surface area contributed by atoms with Gasteiger partial charge in [-0.1, -0.05) is 56.7 Å². The van der Waals surface area contributed by atoms with E-state index in [1.807, 2.05) is 6.92 Å². The first-order valence-electron chi connectivity index (χ1n) is 15.9. The number of esters is 1. The maximum absolute atomic E-state index is 12.8. The normalized spacial score (nSPS) is 20.6. The summed E-state index contributed by atoms with van der Waals surface area (Å²) in [6.45, 7) is 8.27. The number of aromatic amines is 1. The molecule has 5 N–H and O–H groups in total. The van der Waals surface area contributed by atoms with Crippen molar-refractivity contribution in [3.8, 4) is 11.8 Å². The lowest BCUT2D eigenvalue weighted by Crippen LogP contribution is -2.33. The third kappa shape index (κ3) is 19.8. The van der Waals surface area contributed by atoms with Gasteiger partial charge in [-0.25, -0.2) is 18.5 Å². The SMILES string of the molecule is CCS(=S)CO[C@H]1C[C@H](n2cc(C#CCCC(=O)OCCCCOCSSC(C)(C)CC)c(=O)[nH]c2=O)O[C@@H]1COP(=O)(O)OP(=O)(O)OP(=O)(O)O. The van der Waals surface area contributed by atoms with Crippen molar-refractivity contribution in [2.24, 2.45) is 0 Å². The van der Waals surface area contributed by atoms with Crippen LogP contribution in [0.2, 0.25) is 0 Å². The van der Waals surface area contributed by atoms with Crippen LogP contribution in [-0.4, -0.2) is 89.5 Å². The molecule has 1 aromatic heterocycles. The zero-order chi connectivity index (χ0) is 39.9. The third-order valence-electron chi connectivity index (χ3n) is 6.90. The molecule has 1 aromatic rings. The molecule has 1 aliphatic rings. The number of carbonyl (C=O) groups is 1. The van der Waals surface area contributed by atoms with Crippen LogP contribution >= 0.6 is 45.1 Å². The van der Waals surface area contributed by atoms with Crippen LogP contribution in [0, 0.1) is 11.8 Å². The Morgan fingerprint density at radius 3 is 2.49 bits per heavy atom. The minimum atomic E-state index is -5.76. The van der Waals surface area contributed by atoms with Gasteiger partial charge in [-0.3, -0.25) is 23.7 Å². The Bertz CT molecular complexity index is 1710. The summed E-state index contributed by atoms with van der Waals surface area (Å²) >= 11 is 5.28. The summed E-state index contributed by atoms with van der Waals surface area (Å²) in [6.07, 6.45) is 0.227. The first-order chi connectivity index (χ1) is 24.7. The van der Waals surface area contributed by atoms with Crippen molar-refractivity contribution in [2.45, 2.75) is 89.4 Å². The molecule has 19 nitrogen and oxygen atoms in total. The van der Waals surface area contributed by atoms with E-state index in [-0.39, 0.29) is 42.1 Å². The predicted octanol–water partition coefficient (Wildman–Crippen LogP) is 3.61. The molecule has 0 aromatic carbocycles. The molecule has 2 heterocycles. The van der Waals surface area contributed by atoms with Crippen LogP contribution in [0.3, 0.4) is 0 Å². The number of nitrogens with one attached hydrogen (secondary N) is 1. The number of phosphoric acid groups is 3. The highest BCUT2D eigenvalue weighted by atomic mass is 33.1. The minimum absolute atomic E-state index is 0.0353. The molecule has 304 valence electrons. The summed E-state index contributed by atoms with van der Waals surface area (Å²) in [5.74, 6) is 6.07. The standard InChI is InChI=1S/C27H45N2O17P3S4/c1-5-27(3,4)52-51-18-40-13-9-10-14-41-24(30)12-8-7-11-20-16-29(26(32)28-25(20)31)23-15-21(42-19-53(50)6-2)22(44-23)17-43-48(36,37)46-49(38,39)45-47(33,34)35/h16,21-23H,5-6,8-10,12-15,17-19H2,1-4H3,(H,36,37)(H,38,39)(H,28,31,32)(H2,33,34,35)/t21-,22+,23+,53?/m0/s1. The Morgan fingerprint density at radius 2 is 1.83 bits per heavy atom. The lowest BCUT2D eigenvalue weighted by Gasteiger charge is -2.21. The van der Waals surface area contributed by atoms with Gasteiger partial charge in [0.15, 0.2) is 0 Å². The molecule has 0 aliphatic carbocycles. The van der Waals surface area contributed by atoms with Crippen molar-refractivity contribution in [1.82, 2.24) is 9.55 Å². The lowest BCUT2D eigenvalue weighted by molar-refractivity contribution is -0.143. The average molecular weight is 891 g/mol. The van der Waals surface area contributed by atoms with Crippen LogP contribution in [-0.2, 0) is 71.2 Å². The largest absolute Gasteiger partial charge is 0.490 e. The Kier molecular flexibility index (Phi) is 20.9. The second kappa shape index (κ2) is 22.9. The molecule has 26 heteroatoms. The first kappa shape index (κ1) is 48.4. The minimum Gasteiger partial charge on any atom is -0.466 e. The highest BCUT2D eigenvalue weighted by molar-refractivity contribution is 8.77. The van der Waals surface area contributed by atoms with Crippen LogP contribution in [0.4, 0.5) is 0 Å². The molecule has 0 amide bonds. The van der Waals surface area contributed by atoms with Gasteiger partial charge in [-0.2, -0.15) is 8.62 Å². The Balaban J connectivity index is 1.97. The average Bonchev–Trinajstić information content (AvgIpc) is 3.45. The summed E-state index contributed by atoms with van der Waals surface area (Å²) in [6, 6.07) is 0. The summed E-state index contributed by atoms with van der Waals surface area (Å²) in [5, 5.41) is 0. The number of unbranched alkanes of at least 4 members (excludes halogenated alkanes) is 1. The van der Waals surface area contributed by atoms with E-state index in [0.29, 0.717) is 24.7 Å². The number of hydrogen-bond acceptors (Lipinski definition) is 16. The van der Waals surface area contributed by atoms with Gasteiger partial charge < -0.3 is 38.5 Å². The molecule has 0 spiro atoms. The fraction of sp³-hybridized carbons (Fsp3) is 0.741. The number of nitrogens with zero attached hydrogens (tertiary/aromatic N) is 1. The van der Waals surface area contributed by atoms with E-state index < -0.39 is 75.2 Å². The summed E-state index contributed by atoms with van der Waals surface area (Å²) in [5.41, 5.74) is -1.83. The van der Waals surface area contributed by atoms with Gasteiger partial charge in [0.2, 0.25) is 0 Å². The number of phosphoric ester groups is 1. The van der Waals surface area contributed by atoms with E-state index in [0.717, 1.165) is 23.6 Å². The number of hydrogen-bond donors (Lipinski definition) is 5. The number of H-pyrrole nitrogens is 1. The van der Waals surface area contributed by atoms with Gasteiger partial charge in [-0.05, 0) is 50.1 Å². The van der Waals surface area contributed by atoms with Crippen molar-refractivity contribution in [3.63, 3.8) is 0 Å². The topological polar surface area (TPSA) is 269 Å². The second-order valence-corrected chi connectivity index (χ2v) is 22.1. The van der Waals surface area contributed by atoms with Crippen molar-refractivity contribution >= 4 is 71.7 Å². The molecule has 1 aliphatic heterocycles. The molecule has 0 saturated carbocycles. The molecule has 1 saturated heterocycles. The summed E-state index contributed by atoms with van der Waals surface area (Å²) in [7, 11) is -14.0. The molecule has 53 heavy (non-hydrogen) atoms. The van der Waals surface area contributed by atoms with Crippen molar-refractivity contribution in [1.29, 1.82) is 0 Å². The van der Waals surface area contributed by atoms with Crippen LogP contribution in [0.5, 0.6) is 0 Å². The van der Waals surface area contributed by atoms with Crippen LogP contribution in [0.15, 0.2) is 15.8 Å². The molecule has 3 unspecified atom stereocenters. The van der Waals surface area contributed by atoms with Crippen molar-refractivity contribution < 1.29 is 70.2 Å². The van der Waals surface area contributed by atoms with Gasteiger partial charge in [0.1, 0.15) is 23.8 Å². The monoisotopic (exact) mass is 890 g/mol. The third-order valence-corrected chi connectivity index (χ3v) is 15.9. The number of ether oxygens (including phenoxy) is 4. The van der Waals surface area contributed by atoms with E-state index in [9.17, 15) is 37.9 Å². The van der Waals surface area contributed by atoms with Crippen LogP contribution in [0.1, 0.15) is 78.0 Å². The van der Waals surface area contributed by atoms with Gasteiger partial charge in [-0.15, -0.1) is 0 Å². The number of aromatic nitrogens is 2. The highest BCUT2D eigenvalue weighted by Crippen LogP contribution is 2.66. The second-order valence-electron chi connectivity index (χ2n) is 11.6. The Hall–Kier alpha value is -0.730. The van der Waals surface area contributed by atoms with Crippen molar-refractivity contribution in [3.05, 3.63) is 32.6 Å². The smallest absolute Gasteiger partial charge is 0.466 e.